The van der Waals surface area contributed by atoms with Gasteiger partial charge in [-0.05, 0) is 13.3 Å². The Morgan fingerprint density at radius 1 is 1.35 bits per heavy atom. The Morgan fingerprint density at radius 2 is 2.06 bits per heavy atom. The highest BCUT2D eigenvalue weighted by Gasteiger charge is 2.25. The maximum atomic E-state index is 11.8. The summed E-state index contributed by atoms with van der Waals surface area (Å²) in [6, 6.07) is -0.276. The second kappa shape index (κ2) is 10.5. The molecule has 0 aromatic carbocycles. The number of rotatable bonds is 10. The molecule has 0 aromatic rings. The molecule has 0 fully saturated rings. The normalized spacial score (nSPS) is 12.8. The van der Waals surface area contributed by atoms with Gasteiger partial charge in [0.1, 0.15) is 6.04 Å². The molecule has 0 spiro atoms. The quantitative estimate of drug-likeness (QED) is 0.575. The number of aliphatic hydroxyl groups is 1. The zero-order chi connectivity index (χ0) is 13.1. The maximum Gasteiger partial charge on any atom is 0.323 e. The van der Waals surface area contributed by atoms with Crippen molar-refractivity contribution in [2.45, 2.75) is 32.7 Å². The minimum atomic E-state index is -0.276. The molecule has 0 aliphatic rings. The van der Waals surface area contributed by atoms with Gasteiger partial charge in [-0.2, -0.15) is 0 Å². The molecular weight excluding hydrogens is 222 g/mol. The van der Waals surface area contributed by atoms with E-state index >= 15 is 0 Å². The molecule has 1 atom stereocenters. The molecule has 1 unspecified atom stereocenters. The second-order valence-electron chi connectivity index (χ2n) is 3.81. The zero-order valence-corrected chi connectivity index (χ0v) is 11.1. The lowest BCUT2D eigenvalue weighted by Gasteiger charge is -2.29. The Labute approximate surface area is 104 Å². The van der Waals surface area contributed by atoms with Gasteiger partial charge in [0.05, 0.1) is 19.8 Å². The van der Waals surface area contributed by atoms with Crippen molar-refractivity contribution in [2.24, 2.45) is 0 Å². The number of carbonyl (C=O) groups excluding carboxylic acids is 1. The first kappa shape index (κ1) is 16.4. The molecule has 0 amide bonds. The van der Waals surface area contributed by atoms with Crippen molar-refractivity contribution in [3.63, 3.8) is 0 Å². The Bertz CT molecular complexity index is 199. The highest BCUT2D eigenvalue weighted by molar-refractivity contribution is 5.75. The maximum absolute atomic E-state index is 11.8. The summed E-state index contributed by atoms with van der Waals surface area (Å²) in [5.41, 5.74) is 0. The van der Waals surface area contributed by atoms with Gasteiger partial charge < -0.3 is 14.6 Å². The van der Waals surface area contributed by atoms with E-state index in [1.165, 1.54) is 0 Å². The number of hydrogen-bond acceptors (Lipinski definition) is 5. The number of methoxy groups -OCH3 is 1. The van der Waals surface area contributed by atoms with Gasteiger partial charge in [0.2, 0.25) is 0 Å². The molecule has 1 N–H and O–H groups in total. The minimum Gasteiger partial charge on any atom is -0.465 e. The molecule has 0 radical (unpaired) electrons. The van der Waals surface area contributed by atoms with Gasteiger partial charge in [-0.1, -0.05) is 13.3 Å². The Hall–Kier alpha value is -0.650. The van der Waals surface area contributed by atoms with E-state index in [-0.39, 0.29) is 18.6 Å². The average Bonchev–Trinajstić information content (AvgIpc) is 2.32. The first-order valence-electron chi connectivity index (χ1n) is 6.21. The SMILES string of the molecule is CCCC(C(=O)OCC)N(CCO)CCOC. The lowest BCUT2D eigenvalue weighted by molar-refractivity contribution is -0.150. The molecule has 0 aliphatic carbocycles. The molecular formula is C12H25NO4. The van der Waals surface area contributed by atoms with Crippen molar-refractivity contribution in [3.8, 4) is 0 Å². The van der Waals surface area contributed by atoms with Crippen LogP contribution in [0.2, 0.25) is 0 Å². The first-order chi connectivity index (χ1) is 8.21. The van der Waals surface area contributed by atoms with Gasteiger partial charge in [-0.25, -0.2) is 0 Å². The van der Waals surface area contributed by atoms with Crippen LogP contribution in [-0.4, -0.2) is 62.0 Å². The fraction of sp³-hybridized carbons (Fsp3) is 0.917. The monoisotopic (exact) mass is 247 g/mol. The topological polar surface area (TPSA) is 59.0 Å². The molecule has 0 aliphatic heterocycles. The molecule has 0 saturated heterocycles. The molecule has 0 bridgehead atoms. The van der Waals surface area contributed by atoms with Gasteiger partial charge in [-0.15, -0.1) is 0 Å². The van der Waals surface area contributed by atoms with Crippen LogP contribution in [0.15, 0.2) is 0 Å². The third-order valence-electron chi connectivity index (χ3n) is 2.53. The number of carbonyl (C=O) groups is 1. The molecule has 0 saturated carbocycles. The highest BCUT2D eigenvalue weighted by Crippen LogP contribution is 2.09. The van der Waals surface area contributed by atoms with E-state index < -0.39 is 0 Å². The molecule has 17 heavy (non-hydrogen) atoms. The van der Waals surface area contributed by atoms with E-state index in [1.807, 2.05) is 11.8 Å². The van der Waals surface area contributed by atoms with E-state index in [0.29, 0.717) is 26.3 Å². The minimum absolute atomic E-state index is 0.0311. The van der Waals surface area contributed by atoms with Crippen molar-refractivity contribution in [3.05, 3.63) is 0 Å². The van der Waals surface area contributed by atoms with Gasteiger partial charge in [0.25, 0.3) is 0 Å². The van der Waals surface area contributed by atoms with E-state index in [1.54, 1.807) is 14.0 Å². The van der Waals surface area contributed by atoms with E-state index in [4.69, 9.17) is 14.6 Å². The van der Waals surface area contributed by atoms with Crippen molar-refractivity contribution >= 4 is 5.97 Å². The first-order valence-corrected chi connectivity index (χ1v) is 6.21. The van der Waals surface area contributed by atoms with Crippen molar-refractivity contribution in [2.75, 3.05) is 40.0 Å². The molecule has 5 heteroatoms. The van der Waals surface area contributed by atoms with Gasteiger partial charge in [0.15, 0.2) is 0 Å². The van der Waals surface area contributed by atoms with Crippen LogP contribution in [0.25, 0.3) is 0 Å². The number of ether oxygens (including phenoxy) is 2. The van der Waals surface area contributed by atoms with Crippen LogP contribution in [-0.2, 0) is 14.3 Å². The van der Waals surface area contributed by atoms with Gasteiger partial charge >= 0.3 is 5.97 Å². The molecule has 0 rings (SSSR count). The van der Waals surface area contributed by atoms with E-state index in [2.05, 4.69) is 0 Å². The van der Waals surface area contributed by atoms with Crippen LogP contribution in [0, 0.1) is 0 Å². The number of esters is 1. The fourth-order valence-electron chi connectivity index (χ4n) is 1.72. The summed E-state index contributed by atoms with van der Waals surface area (Å²) in [5.74, 6) is -0.209. The summed E-state index contributed by atoms with van der Waals surface area (Å²) >= 11 is 0. The fourth-order valence-corrected chi connectivity index (χ4v) is 1.72. The largest absolute Gasteiger partial charge is 0.465 e. The molecule has 0 aromatic heterocycles. The number of aliphatic hydroxyl groups excluding tert-OH is 1. The summed E-state index contributed by atoms with van der Waals surface area (Å²) in [6.45, 7) is 5.87. The average molecular weight is 247 g/mol. The number of nitrogens with zero attached hydrogens (tertiary/aromatic N) is 1. The third kappa shape index (κ3) is 6.61. The summed E-state index contributed by atoms with van der Waals surface area (Å²) in [5, 5.41) is 9.03. The molecule has 0 heterocycles. The van der Waals surface area contributed by atoms with Crippen LogP contribution in [0.5, 0.6) is 0 Å². The summed E-state index contributed by atoms with van der Waals surface area (Å²) in [4.78, 5) is 13.7. The van der Waals surface area contributed by atoms with Crippen LogP contribution < -0.4 is 0 Å². The van der Waals surface area contributed by atoms with Gasteiger partial charge in [0, 0.05) is 20.2 Å². The Kier molecular flexibility index (Phi) is 10.1. The van der Waals surface area contributed by atoms with Crippen molar-refractivity contribution in [1.82, 2.24) is 4.90 Å². The van der Waals surface area contributed by atoms with Crippen molar-refractivity contribution < 1.29 is 19.4 Å². The Balaban J connectivity index is 4.49. The smallest absolute Gasteiger partial charge is 0.323 e. The lowest BCUT2D eigenvalue weighted by Crippen LogP contribution is -2.45. The van der Waals surface area contributed by atoms with E-state index in [9.17, 15) is 4.79 Å². The molecule has 102 valence electrons. The molecule has 5 nitrogen and oxygen atoms in total. The summed E-state index contributed by atoms with van der Waals surface area (Å²) < 4.78 is 10.1. The zero-order valence-electron chi connectivity index (χ0n) is 11.1. The van der Waals surface area contributed by atoms with Crippen molar-refractivity contribution in [1.29, 1.82) is 0 Å². The predicted octanol–water partition coefficient (Wildman–Crippen LogP) is 0.659. The van der Waals surface area contributed by atoms with Gasteiger partial charge in [-0.3, -0.25) is 9.69 Å². The number of hydrogen-bond donors (Lipinski definition) is 1. The second-order valence-corrected chi connectivity index (χ2v) is 3.81. The third-order valence-corrected chi connectivity index (χ3v) is 2.53. The highest BCUT2D eigenvalue weighted by atomic mass is 16.5. The van der Waals surface area contributed by atoms with Crippen LogP contribution >= 0.6 is 0 Å². The standard InChI is InChI=1S/C12H25NO4/c1-4-6-11(12(15)17-5-2)13(7-9-14)8-10-16-3/h11,14H,4-10H2,1-3H3. The van der Waals surface area contributed by atoms with Crippen LogP contribution in [0.4, 0.5) is 0 Å². The summed E-state index contributed by atoms with van der Waals surface area (Å²) in [6.07, 6.45) is 1.64. The summed E-state index contributed by atoms with van der Waals surface area (Å²) in [7, 11) is 1.62. The lowest BCUT2D eigenvalue weighted by atomic mass is 10.1. The van der Waals surface area contributed by atoms with Crippen LogP contribution in [0.1, 0.15) is 26.7 Å². The van der Waals surface area contributed by atoms with E-state index in [0.717, 1.165) is 12.8 Å². The Morgan fingerprint density at radius 3 is 2.53 bits per heavy atom. The predicted molar refractivity (Wildman–Crippen MR) is 65.9 cm³/mol. The van der Waals surface area contributed by atoms with Crippen LogP contribution in [0.3, 0.4) is 0 Å².